The highest BCUT2D eigenvalue weighted by atomic mass is 16.2. The lowest BCUT2D eigenvalue weighted by atomic mass is 9.93. The Balaban J connectivity index is 1.90. The third kappa shape index (κ3) is 2.25. The molecule has 4 nitrogen and oxygen atoms in total. The second-order valence-corrected chi connectivity index (χ2v) is 4.84. The van der Waals surface area contributed by atoms with E-state index in [1.807, 2.05) is 4.90 Å². The monoisotopic (exact) mass is 211 g/mol. The van der Waals surface area contributed by atoms with Crippen molar-refractivity contribution in [2.45, 2.75) is 51.2 Å². The topological polar surface area (TPSA) is 44.4 Å². The number of piperazine rings is 1. The van der Waals surface area contributed by atoms with Crippen molar-refractivity contribution in [2.75, 3.05) is 13.1 Å². The van der Waals surface area contributed by atoms with Crippen LogP contribution in [0.15, 0.2) is 0 Å². The van der Waals surface area contributed by atoms with E-state index in [0.29, 0.717) is 18.1 Å². The molecule has 2 aliphatic rings. The van der Waals surface area contributed by atoms with E-state index < -0.39 is 0 Å². The Hall–Kier alpha value is -0.770. The highest BCUT2D eigenvalue weighted by Gasteiger charge is 2.30. The lowest BCUT2D eigenvalue weighted by Gasteiger charge is -2.41. The van der Waals surface area contributed by atoms with Crippen molar-refractivity contribution in [1.29, 1.82) is 0 Å². The summed E-state index contributed by atoms with van der Waals surface area (Å²) in [5, 5.41) is 6.43. The number of nitrogens with zero attached hydrogens (tertiary/aromatic N) is 1. The lowest BCUT2D eigenvalue weighted by Crippen LogP contribution is -2.61. The average Bonchev–Trinajstić information content (AvgIpc) is 2.11. The van der Waals surface area contributed by atoms with Gasteiger partial charge in [-0.2, -0.15) is 0 Å². The van der Waals surface area contributed by atoms with Crippen LogP contribution in [0.25, 0.3) is 0 Å². The normalized spacial score (nSPS) is 32.3. The molecule has 0 aromatic carbocycles. The molecule has 1 saturated carbocycles. The molecule has 0 bridgehead atoms. The Morgan fingerprint density at radius 3 is 2.33 bits per heavy atom. The highest BCUT2D eigenvalue weighted by molar-refractivity contribution is 5.75. The van der Waals surface area contributed by atoms with Crippen LogP contribution in [0.3, 0.4) is 0 Å². The van der Waals surface area contributed by atoms with Gasteiger partial charge in [0.2, 0.25) is 0 Å². The predicted molar refractivity (Wildman–Crippen MR) is 59.8 cm³/mol. The van der Waals surface area contributed by atoms with Crippen molar-refractivity contribution in [1.82, 2.24) is 15.5 Å². The number of urea groups is 1. The molecule has 2 N–H and O–H groups in total. The molecule has 2 fully saturated rings. The molecule has 0 radical (unpaired) electrons. The summed E-state index contributed by atoms with van der Waals surface area (Å²) in [6.07, 6.45) is 3.57. The molecule has 1 saturated heterocycles. The Bertz CT molecular complexity index is 230. The van der Waals surface area contributed by atoms with Crippen LogP contribution in [0.5, 0.6) is 0 Å². The van der Waals surface area contributed by atoms with E-state index in [-0.39, 0.29) is 6.03 Å². The van der Waals surface area contributed by atoms with Crippen LogP contribution in [0.4, 0.5) is 4.79 Å². The third-order valence-corrected chi connectivity index (χ3v) is 3.50. The Labute approximate surface area is 91.4 Å². The first kappa shape index (κ1) is 10.7. The molecule has 2 rings (SSSR count). The van der Waals surface area contributed by atoms with Crippen molar-refractivity contribution in [3.05, 3.63) is 0 Å². The fourth-order valence-electron chi connectivity index (χ4n) is 2.33. The molecule has 2 atom stereocenters. The summed E-state index contributed by atoms with van der Waals surface area (Å²) in [6.45, 7) is 6.01. The van der Waals surface area contributed by atoms with Gasteiger partial charge in [-0.15, -0.1) is 0 Å². The summed E-state index contributed by atoms with van der Waals surface area (Å²) in [5.41, 5.74) is 0. The van der Waals surface area contributed by atoms with E-state index >= 15 is 0 Å². The maximum atomic E-state index is 12.0. The summed E-state index contributed by atoms with van der Waals surface area (Å²) in [6, 6.07) is 1.16. The van der Waals surface area contributed by atoms with Gasteiger partial charge in [-0.1, -0.05) is 0 Å². The van der Waals surface area contributed by atoms with Gasteiger partial charge in [0.05, 0.1) is 0 Å². The van der Waals surface area contributed by atoms with Crippen LogP contribution in [-0.2, 0) is 0 Å². The van der Waals surface area contributed by atoms with E-state index in [9.17, 15) is 4.79 Å². The molecular formula is C11H21N3O. The standard InChI is InChI=1S/C11H21N3O/c1-8-6-12-7-9(2)14(8)11(15)13-10-4-3-5-10/h8-10,12H,3-7H2,1-2H3,(H,13,15). The maximum absolute atomic E-state index is 12.0. The molecule has 2 amide bonds. The predicted octanol–water partition coefficient (Wildman–Crippen LogP) is 0.931. The second-order valence-electron chi connectivity index (χ2n) is 4.84. The highest BCUT2D eigenvalue weighted by Crippen LogP contribution is 2.19. The molecule has 0 spiro atoms. The van der Waals surface area contributed by atoms with Crippen molar-refractivity contribution in [3.63, 3.8) is 0 Å². The smallest absolute Gasteiger partial charge is 0.318 e. The van der Waals surface area contributed by atoms with Crippen LogP contribution >= 0.6 is 0 Å². The largest absolute Gasteiger partial charge is 0.335 e. The number of carbonyl (C=O) groups is 1. The van der Waals surface area contributed by atoms with Gasteiger partial charge in [0.25, 0.3) is 0 Å². The first-order valence-corrected chi connectivity index (χ1v) is 5.98. The molecule has 1 heterocycles. The van der Waals surface area contributed by atoms with E-state index in [1.165, 1.54) is 6.42 Å². The fourth-order valence-corrected chi connectivity index (χ4v) is 2.33. The van der Waals surface area contributed by atoms with Crippen molar-refractivity contribution >= 4 is 6.03 Å². The van der Waals surface area contributed by atoms with Gasteiger partial charge in [0.1, 0.15) is 0 Å². The molecule has 1 aliphatic heterocycles. The number of hydrogen-bond donors (Lipinski definition) is 2. The van der Waals surface area contributed by atoms with Crippen molar-refractivity contribution in [2.24, 2.45) is 0 Å². The second kappa shape index (κ2) is 4.39. The zero-order valence-corrected chi connectivity index (χ0v) is 9.62. The third-order valence-electron chi connectivity index (χ3n) is 3.50. The summed E-state index contributed by atoms with van der Waals surface area (Å²) in [7, 11) is 0. The van der Waals surface area contributed by atoms with E-state index in [0.717, 1.165) is 25.9 Å². The number of amides is 2. The molecule has 15 heavy (non-hydrogen) atoms. The van der Waals surface area contributed by atoms with E-state index in [4.69, 9.17) is 0 Å². The first-order valence-electron chi connectivity index (χ1n) is 5.98. The van der Waals surface area contributed by atoms with E-state index in [2.05, 4.69) is 24.5 Å². The number of nitrogens with one attached hydrogen (secondary N) is 2. The van der Waals surface area contributed by atoms with Gasteiger partial charge in [-0.25, -0.2) is 4.79 Å². The Kier molecular flexibility index (Phi) is 3.14. The minimum absolute atomic E-state index is 0.126. The molecule has 2 unspecified atom stereocenters. The Morgan fingerprint density at radius 1 is 1.27 bits per heavy atom. The lowest BCUT2D eigenvalue weighted by molar-refractivity contribution is 0.125. The summed E-state index contributed by atoms with van der Waals surface area (Å²) in [5.74, 6) is 0. The van der Waals surface area contributed by atoms with Gasteiger partial charge in [-0.3, -0.25) is 0 Å². The van der Waals surface area contributed by atoms with Gasteiger partial charge < -0.3 is 15.5 Å². The van der Waals surface area contributed by atoms with Gasteiger partial charge in [0.15, 0.2) is 0 Å². The van der Waals surface area contributed by atoms with Gasteiger partial charge in [0, 0.05) is 31.2 Å². The summed E-state index contributed by atoms with van der Waals surface area (Å²) >= 11 is 0. The quantitative estimate of drug-likeness (QED) is 0.677. The number of hydrogen-bond acceptors (Lipinski definition) is 2. The van der Waals surface area contributed by atoms with Gasteiger partial charge in [-0.05, 0) is 33.1 Å². The number of rotatable bonds is 1. The van der Waals surface area contributed by atoms with Crippen LogP contribution in [0.1, 0.15) is 33.1 Å². The van der Waals surface area contributed by atoms with E-state index in [1.54, 1.807) is 0 Å². The summed E-state index contributed by atoms with van der Waals surface area (Å²) in [4.78, 5) is 14.0. The SMILES string of the molecule is CC1CNCC(C)N1C(=O)NC1CCC1. The molecule has 1 aliphatic carbocycles. The molecular weight excluding hydrogens is 190 g/mol. The molecule has 0 aromatic heterocycles. The Morgan fingerprint density at radius 2 is 1.87 bits per heavy atom. The molecule has 4 heteroatoms. The number of carbonyl (C=O) groups excluding carboxylic acids is 1. The van der Waals surface area contributed by atoms with Crippen molar-refractivity contribution in [3.8, 4) is 0 Å². The van der Waals surface area contributed by atoms with Crippen LogP contribution in [-0.4, -0.2) is 42.1 Å². The molecule has 86 valence electrons. The maximum Gasteiger partial charge on any atom is 0.318 e. The zero-order valence-electron chi connectivity index (χ0n) is 9.62. The first-order chi connectivity index (χ1) is 7.18. The van der Waals surface area contributed by atoms with Crippen LogP contribution < -0.4 is 10.6 Å². The minimum atomic E-state index is 0.126. The fraction of sp³-hybridized carbons (Fsp3) is 0.909. The van der Waals surface area contributed by atoms with Crippen LogP contribution in [0.2, 0.25) is 0 Å². The molecule has 0 aromatic rings. The van der Waals surface area contributed by atoms with Crippen molar-refractivity contribution < 1.29 is 4.79 Å². The minimum Gasteiger partial charge on any atom is -0.335 e. The zero-order chi connectivity index (χ0) is 10.8. The average molecular weight is 211 g/mol. The van der Waals surface area contributed by atoms with Crippen LogP contribution in [0, 0.1) is 0 Å². The summed E-state index contributed by atoms with van der Waals surface area (Å²) < 4.78 is 0. The van der Waals surface area contributed by atoms with Gasteiger partial charge >= 0.3 is 6.03 Å².